The molecule has 1 atom stereocenters. The number of piperidine rings is 1. The van der Waals surface area contributed by atoms with Crippen molar-refractivity contribution in [2.24, 2.45) is 5.92 Å². The first kappa shape index (κ1) is 13.9. The van der Waals surface area contributed by atoms with Gasteiger partial charge in [-0.15, -0.1) is 0 Å². The first-order chi connectivity index (χ1) is 10.3. The maximum Gasteiger partial charge on any atom is 0.223 e. The summed E-state index contributed by atoms with van der Waals surface area (Å²) < 4.78 is 0. The highest BCUT2D eigenvalue weighted by Crippen LogP contribution is 2.27. The molecule has 1 aliphatic heterocycles. The van der Waals surface area contributed by atoms with Gasteiger partial charge in [0.25, 0.3) is 0 Å². The highest BCUT2D eigenvalue weighted by atomic mass is 16.2. The zero-order valence-electron chi connectivity index (χ0n) is 12.2. The molecule has 0 aromatic heterocycles. The smallest absolute Gasteiger partial charge is 0.223 e. The van der Waals surface area contributed by atoms with Crippen molar-refractivity contribution in [3.05, 3.63) is 29.8 Å². The van der Waals surface area contributed by atoms with E-state index in [1.54, 1.807) is 0 Å². The summed E-state index contributed by atoms with van der Waals surface area (Å²) in [6, 6.07) is 10.1. The first-order valence-corrected chi connectivity index (χ1v) is 7.82. The summed E-state index contributed by atoms with van der Waals surface area (Å²) >= 11 is 0. The lowest BCUT2D eigenvalue weighted by Gasteiger charge is -2.36. The van der Waals surface area contributed by atoms with Crippen LogP contribution in [0.15, 0.2) is 24.3 Å². The fourth-order valence-corrected chi connectivity index (χ4v) is 3.07. The number of nitriles is 1. The summed E-state index contributed by atoms with van der Waals surface area (Å²) in [5, 5.41) is 12.1. The van der Waals surface area contributed by atoms with Crippen LogP contribution in [0.5, 0.6) is 0 Å². The van der Waals surface area contributed by atoms with Gasteiger partial charge in [0.2, 0.25) is 5.91 Å². The van der Waals surface area contributed by atoms with Crippen LogP contribution in [-0.2, 0) is 4.79 Å². The van der Waals surface area contributed by atoms with E-state index in [1.807, 2.05) is 24.3 Å². The highest BCUT2D eigenvalue weighted by Gasteiger charge is 2.28. The molecule has 4 nitrogen and oxygen atoms in total. The monoisotopic (exact) mass is 283 g/mol. The number of carbonyl (C=O) groups excluding carboxylic acids is 1. The number of nitrogens with zero attached hydrogens (tertiary/aromatic N) is 2. The van der Waals surface area contributed by atoms with Gasteiger partial charge in [-0.25, -0.2) is 0 Å². The molecule has 1 saturated carbocycles. The van der Waals surface area contributed by atoms with Gasteiger partial charge < -0.3 is 10.2 Å². The van der Waals surface area contributed by atoms with Crippen molar-refractivity contribution in [1.29, 1.82) is 5.26 Å². The minimum absolute atomic E-state index is 0.243. The van der Waals surface area contributed by atoms with Gasteiger partial charge in [-0.1, -0.05) is 6.42 Å². The van der Waals surface area contributed by atoms with Crippen LogP contribution < -0.4 is 10.2 Å². The van der Waals surface area contributed by atoms with E-state index in [-0.39, 0.29) is 17.9 Å². The second-order valence-corrected chi connectivity index (χ2v) is 6.08. The van der Waals surface area contributed by atoms with Crippen molar-refractivity contribution in [2.45, 2.75) is 38.1 Å². The molecule has 0 spiro atoms. The first-order valence-electron chi connectivity index (χ1n) is 7.82. The van der Waals surface area contributed by atoms with Crippen LogP contribution in [0.2, 0.25) is 0 Å². The molecule has 1 heterocycles. The van der Waals surface area contributed by atoms with Gasteiger partial charge >= 0.3 is 0 Å². The zero-order chi connectivity index (χ0) is 14.7. The SMILES string of the molecule is N#Cc1ccc(N2CCCC(NC(=O)C3CCC3)C2)cc1. The molecule has 2 fully saturated rings. The number of carbonyl (C=O) groups is 1. The van der Waals surface area contributed by atoms with E-state index in [4.69, 9.17) is 5.26 Å². The summed E-state index contributed by atoms with van der Waals surface area (Å²) in [6.07, 6.45) is 5.46. The van der Waals surface area contributed by atoms with Crippen molar-refractivity contribution >= 4 is 11.6 Å². The lowest BCUT2D eigenvalue weighted by molar-refractivity contribution is -0.128. The third-order valence-corrected chi connectivity index (χ3v) is 4.61. The third-order valence-electron chi connectivity index (χ3n) is 4.61. The van der Waals surface area contributed by atoms with Gasteiger partial charge in [-0.3, -0.25) is 4.79 Å². The summed E-state index contributed by atoms with van der Waals surface area (Å²) in [5.41, 5.74) is 1.82. The van der Waals surface area contributed by atoms with Gasteiger partial charge in [0.1, 0.15) is 0 Å². The molecule has 1 saturated heterocycles. The van der Waals surface area contributed by atoms with E-state index in [0.717, 1.165) is 44.5 Å². The minimum atomic E-state index is 0.243. The summed E-state index contributed by atoms with van der Waals surface area (Å²) in [7, 11) is 0. The van der Waals surface area contributed by atoms with Crippen LogP contribution in [-0.4, -0.2) is 25.0 Å². The second-order valence-electron chi connectivity index (χ2n) is 6.08. The van der Waals surface area contributed by atoms with Crippen LogP contribution in [0.25, 0.3) is 0 Å². The number of hydrogen-bond donors (Lipinski definition) is 1. The minimum Gasteiger partial charge on any atom is -0.369 e. The predicted octanol–water partition coefficient (Wildman–Crippen LogP) is 2.44. The van der Waals surface area contributed by atoms with Gasteiger partial charge in [0, 0.05) is 30.7 Å². The molecular weight excluding hydrogens is 262 g/mol. The topological polar surface area (TPSA) is 56.1 Å². The number of benzene rings is 1. The molecular formula is C17H21N3O. The van der Waals surface area contributed by atoms with Crippen LogP contribution in [0.3, 0.4) is 0 Å². The second kappa shape index (κ2) is 6.17. The van der Waals surface area contributed by atoms with Gasteiger partial charge in [-0.05, 0) is 49.9 Å². The average molecular weight is 283 g/mol. The van der Waals surface area contributed by atoms with Gasteiger partial charge in [0.05, 0.1) is 11.6 Å². The lowest BCUT2D eigenvalue weighted by atomic mass is 9.84. The van der Waals surface area contributed by atoms with Gasteiger partial charge in [0.15, 0.2) is 0 Å². The van der Waals surface area contributed by atoms with Crippen molar-refractivity contribution in [1.82, 2.24) is 5.32 Å². The van der Waals surface area contributed by atoms with Crippen molar-refractivity contribution < 1.29 is 4.79 Å². The fraction of sp³-hybridized carbons (Fsp3) is 0.529. The Balaban J connectivity index is 1.59. The van der Waals surface area contributed by atoms with Crippen molar-refractivity contribution in [3.63, 3.8) is 0 Å². The molecule has 1 aliphatic carbocycles. The Morgan fingerprint density at radius 2 is 1.95 bits per heavy atom. The number of nitrogens with one attached hydrogen (secondary N) is 1. The van der Waals surface area contributed by atoms with Crippen molar-refractivity contribution in [2.75, 3.05) is 18.0 Å². The molecule has 0 bridgehead atoms. The molecule has 1 unspecified atom stereocenters. The molecule has 0 radical (unpaired) electrons. The molecule has 4 heteroatoms. The Labute approximate surface area is 125 Å². The van der Waals surface area contributed by atoms with Crippen LogP contribution in [0, 0.1) is 17.2 Å². The van der Waals surface area contributed by atoms with E-state index >= 15 is 0 Å². The number of rotatable bonds is 3. The summed E-state index contributed by atoms with van der Waals surface area (Å²) in [6.45, 7) is 1.88. The van der Waals surface area contributed by atoms with Gasteiger partial charge in [-0.2, -0.15) is 5.26 Å². The maximum atomic E-state index is 12.1. The van der Waals surface area contributed by atoms with Crippen molar-refractivity contribution in [3.8, 4) is 6.07 Å². The van der Waals surface area contributed by atoms with E-state index < -0.39 is 0 Å². The fourth-order valence-electron chi connectivity index (χ4n) is 3.07. The quantitative estimate of drug-likeness (QED) is 0.927. The van der Waals surface area contributed by atoms with E-state index in [9.17, 15) is 4.79 Å². The molecule has 21 heavy (non-hydrogen) atoms. The molecule has 1 amide bonds. The zero-order valence-corrected chi connectivity index (χ0v) is 12.2. The van der Waals surface area contributed by atoms with E-state index in [1.165, 1.54) is 6.42 Å². The maximum absolute atomic E-state index is 12.1. The van der Waals surface area contributed by atoms with E-state index in [2.05, 4.69) is 16.3 Å². The summed E-state index contributed by atoms with van der Waals surface area (Å²) in [5.74, 6) is 0.503. The Morgan fingerprint density at radius 1 is 1.19 bits per heavy atom. The Kier molecular flexibility index (Phi) is 4.10. The normalized spacial score (nSPS) is 22.2. The van der Waals surface area contributed by atoms with Crippen LogP contribution >= 0.6 is 0 Å². The highest BCUT2D eigenvalue weighted by molar-refractivity contribution is 5.79. The number of hydrogen-bond acceptors (Lipinski definition) is 3. The van der Waals surface area contributed by atoms with Crippen LogP contribution in [0.1, 0.15) is 37.7 Å². The number of anilines is 1. The molecule has 2 aliphatic rings. The Morgan fingerprint density at radius 3 is 2.57 bits per heavy atom. The largest absolute Gasteiger partial charge is 0.369 e. The van der Waals surface area contributed by atoms with E-state index in [0.29, 0.717) is 5.56 Å². The predicted molar refractivity (Wildman–Crippen MR) is 81.9 cm³/mol. The summed E-state index contributed by atoms with van der Waals surface area (Å²) in [4.78, 5) is 14.4. The lowest BCUT2D eigenvalue weighted by Crippen LogP contribution is -2.50. The molecule has 1 N–H and O–H groups in total. The Bertz CT molecular complexity index is 542. The average Bonchev–Trinajstić information content (AvgIpc) is 2.46. The van der Waals surface area contributed by atoms with Crippen LogP contribution in [0.4, 0.5) is 5.69 Å². The molecule has 1 aromatic rings. The molecule has 110 valence electrons. The molecule has 3 rings (SSSR count). The number of amides is 1. The third kappa shape index (κ3) is 3.18. The standard InChI is InChI=1S/C17H21N3O/c18-11-13-6-8-16(9-7-13)20-10-2-5-15(12-20)19-17(21)14-3-1-4-14/h6-9,14-15H,1-5,10,12H2,(H,19,21). The molecule has 1 aromatic carbocycles. The Hall–Kier alpha value is -2.02.